The van der Waals surface area contributed by atoms with Crippen molar-refractivity contribution in [3.05, 3.63) is 30.1 Å². The van der Waals surface area contributed by atoms with Gasteiger partial charge in [-0.2, -0.15) is 0 Å². The molecule has 0 saturated carbocycles. The van der Waals surface area contributed by atoms with Crippen LogP contribution in [0.4, 0.5) is 5.82 Å². The highest BCUT2D eigenvalue weighted by Gasteiger charge is 2.15. The van der Waals surface area contributed by atoms with Gasteiger partial charge >= 0.3 is 5.97 Å². The SMILES string of the molecule is CCOCCN(C)c1nc(C(=O)O)nc2ccccc12. The molecule has 0 amide bonds. The number of carbonyl (C=O) groups is 1. The first-order valence-corrected chi connectivity index (χ1v) is 6.42. The maximum atomic E-state index is 11.1. The first-order valence-electron chi connectivity index (χ1n) is 6.42. The maximum Gasteiger partial charge on any atom is 0.374 e. The van der Waals surface area contributed by atoms with Crippen molar-refractivity contribution in [1.82, 2.24) is 9.97 Å². The highest BCUT2D eigenvalue weighted by molar-refractivity contribution is 5.93. The minimum absolute atomic E-state index is 0.193. The first-order chi connectivity index (χ1) is 9.63. The number of rotatable bonds is 6. The highest BCUT2D eigenvalue weighted by atomic mass is 16.5. The van der Waals surface area contributed by atoms with Crippen molar-refractivity contribution in [2.24, 2.45) is 0 Å². The molecule has 106 valence electrons. The molecule has 1 heterocycles. The molecule has 20 heavy (non-hydrogen) atoms. The molecule has 0 aliphatic heterocycles. The predicted molar refractivity (Wildman–Crippen MR) is 76.3 cm³/mol. The van der Waals surface area contributed by atoms with Crippen LogP contribution in [-0.2, 0) is 4.74 Å². The molecule has 6 nitrogen and oxygen atoms in total. The first kappa shape index (κ1) is 14.2. The number of fused-ring (bicyclic) bond motifs is 1. The van der Waals surface area contributed by atoms with Crippen LogP contribution in [0.5, 0.6) is 0 Å². The molecule has 0 atom stereocenters. The van der Waals surface area contributed by atoms with Gasteiger partial charge in [0.25, 0.3) is 0 Å². The molecule has 1 N–H and O–H groups in total. The highest BCUT2D eigenvalue weighted by Crippen LogP contribution is 2.22. The molecule has 0 radical (unpaired) electrons. The van der Waals surface area contributed by atoms with Crippen molar-refractivity contribution in [2.75, 3.05) is 31.7 Å². The number of para-hydroxylation sites is 1. The summed E-state index contributed by atoms with van der Waals surface area (Å²) in [5.74, 6) is -0.718. The van der Waals surface area contributed by atoms with Crippen LogP contribution in [0.25, 0.3) is 10.9 Å². The number of hydrogen-bond donors (Lipinski definition) is 1. The van der Waals surface area contributed by atoms with Gasteiger partial charge in [0.05, 0.1) is 12.1 Å². The van der Waals surface area contributed by atoms with E-state index in [2.05, 4.69) is 9.97 Å². The summed E-state index contributed by atoms with van der Waals surface area (Å²) in [6, 6.07) is 7.37. The molecule has 2 aromatic rings. The second kappa shape index (κ2) is 6.29. The third-order valence-electron chi connectivity index (χ3n) is 2.91. The fourth-order valence-corrected chi connectivity index (χ4v) is 1.90. The Morgan fingerprint density at radius 1 is 1.35 bits per heavy atom. The number of hydrogen-bond acceptors (Lipinski definition) is 5. The third-order valence-corrected chi connectivity index (χ3v) is 2.91. The van der Waals surface area contributed by atoms with Gasteiger partial charge < -0.3 is 14.7 Å². The average molecular weight is 275 g/mol. The van der Waals surface area contributed by atoms with E-state index >= 15 is 0 Å². The molecule has 2 rings (SSSR count). The normalized spacial score (nSPS) is 10.7. The zero-order chi connectivity index (χ0) is 14.5. The quantitative estimate of drug-likeness (QED) is 0.810. The zero-order valence-corrected chi connectivity index (χ0v) is 11.5. The summed E-state index contributed by atoms with van der Waals surface area (Å²) in [6.07, 6.45) is 0. The topological polar surface area (TPSA) is 75.5 Å². The third kappa shape index (κ3) is 3.03. The summed E-state index contributed by atoms with van der Waals surface area (Å²) in [6.45, 7) is 3.78. The summed E-state index contributed by atoms with van der Waals surface area (Å²) >= 11 is 0. The fourth-order valence-electron chi connectivity index (χ4n) is 1.90. The van der Waals surface area contributed by atoms with Gasteiger partial charge in [0.2, 0.25) is 5.82 Å². The zero-order valence-electron chi connectivity index (χ0n) is 11.5. The van der Waals surface area contributed by atoms with Crippen LogP contribution in [0.1, 0.15) is 17.5 Å². The summed E-state index contributed by atoms with van der Waals surface area (Å²) < 4.78 is 5.31. The predicted octanol–water partition coefficient (Wildman–Crippen LogP) is 1.80. The van der Waals surface area contributed by atoms with Gasteiger partial charge in [-0.3, -0.25) is 0 Å². The summed E-state index contributed by atoms with van der Waals surface area (Å²) in [5, 5.41) is 9.93. The Bertz CT molecular complexity index is 616. The van der Waals surface area contributed by atoms with E-state index in [1.807, 2.05) is 37.1 Å². The molecule has 0 saturated heterocycles. The molecular formula is C14H17N3O3. The van der Waals surface area contributed by atoms with Gasteiger partial charge in [-0.15, -0.1) is 0 Å². The lowest BCUT2D eigenvalue weighted by molar-refractivity contribution is 0.0684. The van der Waals surface area contributed by atoms with E-state index in [9.17, 15) is 4.79 Å². The monoisotopic (exact) mass is 275 g/mol. The van der Waals surface area contributed by atoms with Crippen LogP contribution in [0.3, 0.4) is 0 Å². The lowest BCUT2D eigenvalue weighted by Crippen LogP contribution is -2.25. The van der Waals surface area contributed by atoms with E-state index in [1.54, 1.807) is 6.07 Å². The molecule has 0 bridgehead atoms. The van der Waals surface area contributed by atoms with Crippen molar-refractivity contribution >= 4 is 22.7 Å². The average Bonchev–Trinajstić information content (AvgIpc) is 2.46. The molecule has 0 fully saturated rings. The van der Waals surface area contributed by atoms with E-state index in [1.165, 1.54) is 0 Å². The van der Waals surface area contributed by atoms with E-state index in [0.29, 0.717) is 31.1 Å². The Morgan fingerprint density at radius 2 is 2.10 bits per heavy atom. The smallest absolute Gasteiger partial charge is 0.374 e. The number of carboxylic acid groups (broad SMARTS) is 1. The minimum atomic E-state index is -1.13. The minimum Gasteiger partial charge on any atom is -0.475 e. The Kier molecular flexibility index (Phi) is 4.47. The molecule has 6 heteroatoms. The van der Waals surface area contributed by atoms with E-state index in [-0.39, 0.29) is 5.82 Å². The van der Waals surface area contributed by atoms with Crippen molar-refractivity contribution in [2.45, 2.75) is 6.92 Å². The maximum absolute atomic E-state index is 11.1. The summed E-state index contributed by atoms with van der Waals surface area (Å²) in [5.41, 5.74) is 0.623. The van der Waals surface area contributed by atoms with Crippen LogP contribution in [0.2, 0.25) is 0 Å². The molecule has 1 aromatic heterocycles. The Labute approximate surface area is 117 Å². The number of nitrogens with zero attached hydrogens (tertiary/aromatic N) is 3. The molecule has 0 aliphatic rings. The van der Waals surface area contributed by atoms with Crippen molar-refractivity contribution in [1.29, 1.82) is 0 Å². The van der Waals surface area contributed by atoms with Gasteiger partial charge in [-0.1, -0.05) is 12.1 Å². The number of likely N-dealkylation sites (N-methyl/N-ethyl adjacent to an activating group) is 1. The van der Waals surface area contributed by atoms with E-state index in [4.69, 9.17) is 9.84 Å². The second-order valence-corrected chi connectivity index (χ2v) is 4.31. The van der Waals surface area contributed by atoms with Crippen molar-refractivity contribution in [3.8, 4) is 0 Å². The number of anilines is 1. The van der Waals surface area contributed by atoms with Gasteiger partial charge in [-0.05, 0) is 19.1 Å². The van der Waals surface area contributed by atoms with Gasteiger partial charge in [0, 0.05) is 25.6 Å². The van der Waals surface area contributed by atoms with Crippen molar-refractivity contribution in [3.63, 3.8) is 0 Å². The number of benzene rings is 1. The summed E-state index contributed by atoms with van der Waals surface area (Å²) in [7, 11) is 1.86. The number of carboxylic acids is 1. The molecule has 1 aromatic carbocycles. The van der Waals surface area contributed by atoms with Crippen molar-refractivity contribution < 1.29 is 14.6 Å². The Balaban J connectivity index is 2.41. The van der Waals surface area contributed by atoms with Crippen LogP contribution >= 0.6 is 0 Å². The fraction of sp³-hybridized carbons (Fsp3) is 0.357. The van der Waals surface area contributed by atoms with Crippen LogP contribution in [0, 0.1) is 0 Å². The standard InChI is InChI=1S/C14H17N3O3/c1-3-20-9-8-17(2)13-10-6-4-5-7-11(10)15-12(16-13)14(18)19/h4-7H,3,8-9H2,1-2H3,(H,18,19). The van der Waals surface area contributed by atoms with Gasteiger partial charge in [0.15, 0.2) is 0 Å². The number of ether oxygens (including phenoxy) is 1. The second-order valence-electron chi connectivity index (χ2n) is 4.31. The van der Waals surface area contributed by atoms with Gasteiger partial charge in [0.1, 0.15) is 5.82 Å². The molecule has 0 spiro atoms. The molecule has 0 aliphatic carbocycles. The lowest BCUT2D eigenvalue weighted by atomic mass is 10.2. The van der Waals surface area contributed by atoms with E-state index < -0.39 is 5.97 Å². The van der Waals surface area contributed by atoms with Crippen LogP contribution < -0.4 is 4.90 Å². The number of aromatic nitrogens is 2. The van der Waals surface area contributed by atoms with Gasteiger partial charge in [-0.25, -0.2) is 14.8 Å². The van der Waals surface area contributed by atoms with E-state index in [0.717, 1.165) is 5.39 Å². The lowest BCUT2D eigenvalue weighted by Gasteiger charge is -2.19. The molecule has 0 unspecified atom stereocenters. The largest absolute Gasteiger partial charge is 0.475 e. The van der Waals surface area contributed by atoms with Crippen LogP contribution in [-0.4, -0.2) is 47.8 Å². The van der Waals surface area contributed by atoms with Crippen LogP contribution in [0.15, 0.2) is 24.3 Å². The Morgan fingerprint density at radius 3 is 2.80 bits per heavy atom. The molecular weight excluding hydrogens is 258 g/mol. The summed E-state index contributed by atoms with van der Waals surface area (Å²) in [4.78, 5) is 21.2. The number of aromatic carboxylic acids is 1. The Hall–Kier alpha value is -2.21.